The second-order valence-corrected chi connectivity index (χ2v) is 5.90. The van der Waals surface area contributed by atoms with Gasteiger partial charge in [-0.15, -0.1) is 0 Å². The molecule has 0 aliphatic carbocycles. The predicted octanol–water partition coefficient (Wildman–Crippen LogP) is 0.600. The lowest BCUT2D eigenvalue weighted by Crippen LogP contribution is -2.42. The lowest BCUT2D eigenvalue weighted by Gasteiger charge is -2.18. The Morgan fingerprint density at radius 3 is 2.20 bits per heavy atom. The van der Waals surface area contributed by atoms with Crippen LogP contribution in [-0.2, 0) is 14.4 Å². The lowest BCUT2D eigenvalue weighted by atomic mass is 9.96. The van der Waals surface area contributed by atoms with E-state index in [0.29, 0.717) is 6.04 Å². The number of aliphatic carboxylic acids is 3. The fourth-order valence-corrected chi connectivity index (χ4v) is 2.62. The highest BCUT2D eigenvalue weighted by molar-refractivity contribution is 5.88. The summed E-state index contributed by atoms with van der Waals surface area (Å²) < 4.78 is 0. The maximum Gasteiger partial charge on any atom is 0.336 e. The van der Waals surface area contributed by atoms with Gasteiger partial charge >= 0.3 is 17.9 Å². The Morgan fingerprint density at radius 2 is 1.84 bits per heavy atom. The molecule has 1 saturated heterocycles. The summed E-state index contributed by atoms with van der Waals surface area (Å²) in [5, 5.41) is 33.8. The van der Waals surface area contributed by atoms with Crippen molar-refractivity contribution in [3.8, 4) is 0 Å². The fraction of sp³-hybridized carbons (Fsp3) is 0.500. The largest absolute Gasteiger partial charge is 0.481 e. The molecule has 0 saturated carbocycles. The normalized spacial score (nSPS) is 17.4. The molecule has 1 aliphatic heterocycles. The zero-order valence-corrected chi connectivity index (χ0v) is 13.8. The summed E-state index contributed by atoms with van der Waals surface area (Å²) in [6.45, 7) is 1.22. The summed E-state index contributed by atoms with van der Waals surface area (Å²) in [6, 6.07) is 4.79. The van der Waals surface area contributed by atoms with E-state index in [1.54, 1.807) is 0 Å². The number of carboxylic acids is 3. The van der Waals surface area contributed by atoms with Crippen LogP contribution >= 0.6 is 0 Å². The van der Waals surface area contributed by atoms with Crippen LogP contribution in [0.1, 0.15) is 37.3 Å². The van der Waals surface area contributed by atoms with Gasteiger partial charge in [-0.25, -0.2) is 4.79 Å². The first-order chi connectivity index (χ1) is 11.7. The highest BCUT2D eigenvalue weighted by Gasteiger charge is 2.40. The number of likely N-dealkylation sites (tertiary alicyclic amines) is 1. The third kappa shape index (κ3) is 6.48. The topological polar surface area (TPSA) is 148 Å². The molecule has 0 radical (unpaired) electrons. The predicted molar refractivity (Wildman–Crippen MR) is 85.9 cm³/mol. The van der Waals surface area contributed by atoms with Crippen molar-refractivity contribution in [2.24, 2.45) is 0 Å². The molecule has 1 fully saturated rings. The smallest absolute Gasteiger partial charge is 0.336 e. The molecule has 9 heteroatoms. The van der Waals surface area contributed by atoms with Crippen LogP contribution < -0.4 is 0 Å². The zero-order valence-electron chi connectivity index (χ0n) is 13.8. The molecular formula is C16H22N2O7. The van der Waals surface area contributed by atoms with Gasteiger partial charge in [-0.3, -0.25) is 19.5 Å². The highest BCUT2D eigenvalue weighted by atomic mass is 16.4. The molecule has 9 nitrogen and oxygen atoms in total. The second-order valence-electron chi connectivity index (χ2n) is 5.90. The van der Waals surface area contributed by atoms with Crippen molar-refractivity contribution in [2.75, 3.05) is 13.6 Å². The molecule has 0 bridgehead atoms. The molecule has 2 heterocycles. The number of aliphatic hydroxyl groups is 1. The van der Waals surface area contributed by atoms with Gasteiger partial charge < -0.3 is 20.4 Å². The third-order valence-corrected chi connectivity index (χ3v) is 3.88. The minimum atomic E-state index is -2.74. The van der Waals surface area contributed by atoms with E-state index < -0.39 is 36.4 Å². The number of nitrogens with zero attached hydrogens (tertiary/aromatic N) is 2. The Balaban J connectivity index is 0.000000250. The van der Waals surface area contributed by atoms with E-state index in [1.807, 2.05) is 18.5 Å². The molecule has 1 unspecified atom stereocenters. The first-order valence-corrected chi connectivity index (χ1v) is 7.65. The number of rotatable bonds is 6. The Morgan fingerprint density at radius 1 is 1.24 bits per heavy atom. The van der Waals surface area contributed by atoms with E-state index in [9.17, 15) is 14.4 Å². The molecule has 1 aliphatic rings. The molecule has 2 rings (SSSR count). The number of carboxylic acid groups (broad SMARTS) is 3. The number of hydrogen-bond donors (Lipinski definition) is 4. The summed E-state index contributed by atoms with van der Waals surface area (Å²) in [5.41, 5.74) is -1.38. The van der Waals surface area contributed by atoms with Crippen LogP contribution in [0.4, 0.5) is 0 Å². The van der Waals surface area contributed by atoms with Crippen molar-refractivity contribution in [1.82, 2.24) is 9.88 Å². The molecule has 25 heavy (non-hydrogen) atoms. The van der Waals surface area contributed by atoms with Crippen molar-refractivity contribution in [2.45, 2.75) is 37.3 Å². The summed E-state index contributed by atoms with van der Waals surface area (Å²) in [6.07, 6.45) is 4.12. The maximum atomic E-state index is 10.3. The molecule has 1 atom stereocenters. The van der Waals surface area contributed by atoms with Crippen molar-refractivity contribution < 1.29 is 34.8 Å². The van der Waals surface area contributed by atoms with Gasteiger partial charge in [0.1, 0.15) is 0 Å². The molecular weight excluding hydrogens is 332 g/mol. The fourth-order valence-electron chi connectivity index (χ4n) is 2.62. The van der Waals surface area contributed by atoms with Gasteiger partial charge in [-0.1, -0.05) is 6.07 Å². The van der Waals surface area contributed by atoms with Crippen molar-refractivity contribution in [3.05, 3.63) is 30.1 Å². The van der Waals surface area contributed by atoms with Crippen LogP contribution in [0.3, 0.4) is 0 Å². The SMILES string of the molecule is CN1CCCC1c1cccnc1.O=C(O)CC(O)(CC(=O)O)C(=O)O. The van der Waals surface area contributed by atoms with E-state index in [2.05, 4.69) is 23.0 Å². The van der Waals surface area contributed by atoms with Gasteiger partial charge in [0.2, 0.25) is 0 Å². The van der Waals surface area contributed by atoms with Gasteiger partial charge in [0.25, 0.3) is 0 Å². The third-order valence-electron chi connectivity index (χ3n) is 3.88. The summed E-state index contributed by atoms with van der Waals surface area (Å²) in [4.78, 5) is 37.0. The Kier molecular flexibility index (Phi) is 7.46. The second kappa shape index (κ2) is 9.09. The maximum absolute atomic E-state index is 10.3. The molecule has 0 amide bonds. The van der Waals surface area contributed by atoms with Crippen molar-refractivity contribution in [1.29, 1.82) is 0 Å². The Bertz CT molecular complexity index is 590. The van der Waals surface area contributed by atoms with Crippen LogP contribution in [0.15, 0.2) is 24.5 Å². The minimum absolute atomic E-state index is 0.610. The first-order valence-electron chi connectivity index (χ1n) is 7.65. The van der Waals surface area contributed by atoms with E-state index >= 15 is 0 Å². The Labute approximate surface area is 144 Å². The number of pyridine rings is 1. The average Bonchev–Trinajstić information content (AvgIpc) is 2.93. The Hall–Kier alpha value is -2.52. The number of aromatic nitrogens is 1. The average molecular weight is 354 g/mol. The van der Waals surface area contributed by atoms with E-state index in [0.717, 1.165) is 0 Å². The molecule has 4 N–H and O–H groups in total. The van der Waals surface area contributed by atoms with Gasteiger partial charge in [0.05, 0.1) is 12.8 Å². The molecule has 1 aromatic heterocycles. The minimum Gasteiger partial charge on any atom is -0.481 e. The zero-order chi connectivity index (χ0) is 19.0. The lowest BCUT2D eigenvalue weighted by molar-refractivity contribution is -0.170. The monoisotopic (exact) mass is 354 g/mol. The highest BCUT2D eigenvalue weighted by Crippen LogP contribution is 2.29. The van der Waals surface area contributed by atoms with Crippen LogP contribution in [0.25, 0.3) is 0 Å². The van der Waals surface area contributed by atoms with Gasteiger partial charge in [0.15, 0.2) is 5.60 Å². The summed E-state index contributed by atoms with van der Waals surface area (Å²) >= 11 is 0. The standard InChI is InChI=1S/C10H14N2.C6H8O7/c1-12-7-3-5-10(12)9-4-2-6-11-8-9;7-3(8)1-6(13,5(11)12)2-4(9)10/h2,4,6,8,10H,3,5,7H2,1H3;13H,1-2H2,(H,7,8)(H,9,10)(H,11,12). The summed E-state index contributed by atoms with van der Waals surface area (Å²) in [5.74, 6) is -5.02. The first kappa shape index (κ1) is 20.5. The number of carbonyl (C=O) groups is 3. The van der Waals surface area contributed by atoms with Crippen LogP contribution in [0.2, 0.25) is 0 Å². The molecule has 0 spiro atoms. The summed E-state index contributed by atoms with van der Waals surface area (Å²) in [7, 11) is 2.19. The van der Waals surface area contributed by atoms with E-state index in [1.165, 1.54) is 24.9 Å². The van der Waals surface area contributed by atoms with Gasteiger partial charge in [-0.2, -0.15) is 0 Å². The quantitative estimate of drug-likeness (QED) is 0.576. The molecule has 138 valence electrons. The van der Waals surface area contributed by atoms with Crippen LogP contribution in [-0.4, -0.2) is 67.4 Å². The van der Waals surface area contributed by atoms with E-state index in [-0.39, 0.29) is 0 Å². The molecule has 1 aromatic rings. The van der Waals surface area contributed by atoms with Crippen LogP contribution in [0, 0.1) is 0 Å². The van der Waals surface area contributed by atoms with Gasteiger partial charge in [-0.05, 0) is 38.1 Å². The van der Waals surface area contributed by atoms with Gasteiger partial charge in [0, 0.05) is 18.4 Å². The van der Waals surface area contributed by atoms with E-state index in [4.69, 9.17) is 20.4 Å². The van der Waals surface area contributed by atoms with Crippen molar-refractivity contribution in [3.63, 3.8) is 0 Å². The van der Waals surface area contributed by atoms with Crippen LogP contribution in [0.5, 0.6) is 0 Å². The molecule has 0 aromatic carbocycles. The number of hydrogen-bond acceptors (Lipinski definition) is 6. The van der Waals surface area contributed by atoms with Crippen molar-refractivity contribution >= 4 is 17.9 Å².